The number of aryl methyl sites for hydroxylation is 2. The number of aromatic nitrogens is 1. The standard InChI is InChI=1S/C11H18N2O3/c1-7-9(8(2)16-12-7)3-4-13-5-10(14)11(15)6-13/h10-11,14-15H,3-6H2,1-2H3. The van der Waals surface area contributed by atoms with Crippen LogP contribution in [0.15, 0.2) is 4.52 Å². The molecule has 1 aromatic rings. The monoisotopic (exact) mass is 226 g/mol. The molecule has 0 amide bonds. The number of nitrogens with zero attached hydrogens (tertiary/aromatic N) is 2. The Labute approximate surface area is 94.7 Å². The van der Waals surface area contributed by atoms with Crippen molar-refractivity contribution in [3.05, 3.63) is 17.0 Å². The predicted octanol–water partition coefficient (Wildman–Crippen LogP) is -0.129. The first-order valence-electron chi connectivity index (χ1n) is 5.58. The average Bonchev–Trinajstić information content (AvgIpc) is 2.70. The molecular weight excluding hydrogens is 208 g/mol. The fourth-order valence-corrected chi connectivity index (χ4v) is 2.16. The lowest BCUT2D eigenvalue weighted by atomic mass is 10.1. The number of aliphatic hydroxyl groups is 2. The van der Waals surface area contributed by atoms with Crippen molar-refractivity contribution < 1.29 is 14.7 Å². The van der Waals surface area contributed by atoms with Crippen LogP contribution in [0.5, 0.6) is 0 Å². The van der Waals surface area contributed by atoms with Crippen LogP contribution in [0.1, 0.15) is 17.0 Å². The first kappa shape index (κ1) is 11.6. The molecule has 0 aromatic carbocycles. The number of aliphatic hydroxyl groups excluding tert-OH is 2. The lowest BCUT2D eigenvalue weighted by Crippen LogP contribution is -2.24. The summed E-state index contributed by atoms with van der Waals surface area (Å²) >= 11 is 0. The second-order valence-corrected chi connectivity index (χ2v) is 4.45. The molecule has 2 atom stereocenters. The zero-order valence-corrected chi connectivity index (χ0v) is 9.68. The molecule has 1 fully saturated rings. The van der Waals surface area contributed by atoms with E-state index in [1.165, 1.54) is 0 Å². The molecule has 5 heteroatoms. The van der Waals surface area contributed by atoms with Crippen molar-refractivity contribution in [2.24, 2.45) is 0 Å². The zero-order chi connectivity index (χ0) is 11.7. The van der Waals surface area contributed by atoms with Gasteiger partial charge in [0.2, 0.25) is 0 Å². The van der Waals surface area contributed by atoms with Gasteiger partial charge in [0.15, 0.2) is 0 Å². The van der Waals surface area contributed by atoms with Crippen molar-refractivity contribution in [1.29, 1.82) is 0 Å². The number of likely N-dealkylation sites (tertiary alicyclic amines) is 1. The van der Waals surface area contributed by atoms with Crippen LogP contribution in [-0.2, 0) is 6.42 Å². The number of hydrogen-bond acceptors (Lipinski definition) is 5. The van der Waals surface area contributed by atoms with E-state index in [2.05, 4.69) is 10.1 Å². The predicted molar refractivity (Wildman–Crippen MR) is 58.1 cm³/mol. The van der Waals surface area contributed by atoms with Gasteiger partial charge in [-0.1, -0.05) is 5.16 Å². The van der Waals surface area contributed by atoms with Crippen LogP contribution in [-0.4, -0.2) is 52.1 Å². The van der Waals surface area contributed by atoms with Gasteiger partial charge >= 0.3 is 0 Å². The van der Waals surface area contributed by atoms with E-state index < -0.39 is 12.2 Å². The minimum Gasteiger partial charge on any atom is -0.389 e. The molecule has 16 heavy (non-hydrogen) atoms. The number of rotatable bonds is 3. The van der Waals surface area contributed by atoms with Crippen LogP contribution in [0, 0.1) is 13.8 Å². The lowest BCUT2D eigenvalue weighted by molar-refractivity contribution is 0.0572. The van der Waals surface area contributed by atoms with Crippen LogP contribution >= 0.6 is 0 Å². The molecule has 0 bridgehead atoms. The molecule has 5 nitrogen and oxygen atoms in total. The Morgan fingerprint density at radius 3 is 2.44 bits per heavy atom. The Bertz CT molecular complexity index is 335. The second kappa shape index (κ2) is 4.53. The summed E-state index contributed by atoms with van der Waals surface area (Å²) < 4.78 is 5.09. The zero-order valence-electron chi connectivity index (χ0n) is 9.68. The first-order valence-corrected chi connectivity index (χ1v) is 5.58. The molecular formula is C11H18N2O3. The molecule has 1 aliphatic rings. The van der Waals surface area contributed by atoms with E-state index in [9.17, 15) is 10.2 Å². The normalized spacial score (nSPS) is 26.5. The van der Waals surface area contributed by atoms with Gasteiger partial charge in [0, 0.05) is 25.2 Å². The summed E-state index contributed by atoms with van der Waals surface area (Å²) in [6.45, 7) is 5.74. The second-order valence-electron chi connectivity index (χ2n) is 4.45. The molecule has 0 aliphatic carbocycles. The van der Waals surface area contributed by atoms with E-state index in [1.807, 2.05) is 13.8 Å². The van der Waals surface area contributed by atoms with Gasteiger partial charge in [-0.05, 0) is 20.3 Å². The number of β-amino-alcohol motifs (C(OH)–C–C–N with tert-alkyl or cyclic N) is 2. The van der Waals surface area contributed by atoms with Crippen molar-refractivity contribution in [1.82, 2.24) is 10.1 Å². The molecule has 1 aromatic heterocycles. The first-order chi connectivity index (χ1) is 7.58. The van der Waals surface area contributed by atoms with Crippen molar-refractivity contribution in [3.63, 3.8) is 0 Å². The maximum absolute atomic E-state index is 9.41. The van der Waals surface area contributed by atoms with Gasteiger partial charge in [0.25, 0.3) is 0 Å². The van der Waals surface area contributed by atoms with E-state index in [1.54, 1.807) is 0 Å². The molecule has 0 radical (unpaired) electrons. The Kier molecular flexibility index (Phi) is 3.28. The van der Waals surface area contributed by atoms with Gasteiger partial charge in [0.1, 0.15) is 5.76 Å². The molecule has 1 saturated heterocycles. The van der Waals surface area contributed by atoms with Crippen LogP contribution in [0.2, 0.25) is 0 Å². The fourth-order valence-electron chi connectivity index (χ4n) is 2.16. The smallest absolute Gasteiger partial charge is 0.137 e. The maximum atomic E-state index is 9.41. The largest absolute Gasteiger partial charge is 0.389 e. The molecule has 2 heterocycles. The highest BCUT2D eigenvalue weighted by Crippen LogP contribution is 2.15. The van der Waals surface area contributed by atoms with Crippen molar-refractivity contribution in [2.75, 3.05) is 19.6 Å². The maximum Gasteiger partial charge on any atom is 0.137 e. The van der Waals surface area contributed by atoms with Gasteiger partial charge < -0.3 is 14.7 Å². The highest BCUT2D eigenvalue weighted by atomic mass is 16.5. The Morgan fingerprint density at radius 1 is 1.31 bits per heavy atom. The van der Waals surface area contributed by atoms with E-state index in [0.29, 0.717) is 13.1 Å². The third-order valence-corrected chi connectivity index (χ3v) is 3.19. The summed E-state index contributed by atoms with van der Waals surface area (Å²) in [6.07, 6.45) is -0.366. The summed E-state index contributed by atoms with van der Waals surface area (Å²) in [5, 5.41) is 22.7. The Balaban J connectivity index is 1.89. The van der Waals surface area contributed by atoms with E-state index in [-0.39, 0.29) is 0 Å². The topological polar surface area (TPSA) is 69.7 Å². The highest BCUT2D eigenvalue weighted by Gasteiger charge is 2.29. The molecule has 2 unspecified atom stereocenters. The highest BCUT2D eigenvalue weighted by molar-refractivity contribution is 5.21. The van der Waals surface area contributed by atoms with E-state index in [0.717, 1.165) is 30.0 Å². The minimum absolute atomic E-state index is 0.546. The Hall–Kier alpha value is -0.910. The number of hydrogen-bond donors (Lipinski definition) is 2. The summed E-state index contributed by atoms with van der Waals surface area (Å²) in [4.78, 5) is 2.06. The SMILES string of the molecule is Cc1noc(C)c1CCN1CC(O)C(O)C1. The van der Waals surface area contributed by atoms with Gasteiger partial charge in [-0.15, -0.1) is 0 Å². The minimum atomic E-state index is -0.607. The van der Waals surface area contributed by atoms with Crippen LogP contribution in [0.25, 0.3) is 0 Å². The molecule has 2 N–H and O–H groups in total. The third-order valence-electron chi connectivity index (χ3n) is 3.19. The van der Waals surface area contributed by atoms with Crippen LogP contribution < -0.4 is 0 Å². The quantitative estimate of drug-likeness (QED) is 0.751. The molecule has 0 saturated carbocycles. The molecule has 1 aliphatic heterocycles. The van der Waals surface area contributed by atoms with Crippen LogP contribution in [0.4, 0.5) is 0 Å². The van der Waals surface area contributed by atoms with Crippen molar-refractivity contribution in [3.8, 4) is 0 Å². The fraction of sp³-hybridized carbons (Fsp3) is 0.727. The molecule has 2 rings (SSSR count). The third kappa shape index (κ3) is 2.26. The Morgan fingerprint density at radius 2 is 1.94 bits per heavy atom. The van der Waals surface area contributed by atoms with Crippen LogP contribution in [0.3, 0.4) is 0 Å². The summed E-state index contributed by atoms with van der Waals surface area (Å²) in [5.74, 6) is 0.859. The summed E-state index contributed by atoms with van der Waals surface area (Å²) in [7, 11) is 0. The van der Waals surface area contributed by atoms with E-state index >= 15 is 0 Å². The molecule has 0 spiro atoms. The molecule has 90 valence electrons. The van der Waals surface area contributed by atoms with Gasteiger partial charge in [-0.2, -0.15) is 0 Å². The lowest BCUT2D eigenvalue weighted by Gasteiger charge is -2.13. The van der Waals surface area contributed by atoms with Crippen molar-refractivity contribution in [2.45, 2.75) is 32.5 Å². The van der Waals surface area contributed by atoms with Crippen molar-refractivity contribution >= 4 is 0 Å². The van der Waals surface area contributed by atoms with E-state index in [4.69, 9.17) is 4.52 Å². The van der Waals surface area contributed by atoms with Gasteiger partial charge in [-0.3, -0.25) is 4.90 Å². The average molecular weight is 226 g/mol. The summed E-state index contributed by atoms with van der Waals surface area (Å²) in [6, 6.07) is 0. The summed E-state index contributed by atoms with van der Waals surface area (Å²) in [5.41, 5.74) is 2.06. The van der Waals surface area contributed by atoms with Gasteiger partial charge in [0.05, 0.1) is 17.9 Å². The van der Waals surface area contributed by atoms with Gasteiger partial charge in [-0.25, -0.2) is 0 Å².